The highest BCUT2D eigenvalue weighted by Gasteiger charge is 2.53. The van der Waals surface area contributed by atoms with Crippen molar-refractivity contribution >= 4 is 43.8 Å². The number of carbonyl (C=O) groups is 4. The zero-order chi connectivity index (χ0) is 25.6. The second-order valence-corrected chi connectivity index (χ2v) is 10.4. The highest BCUT2D eigenvalue weighted by Crippen LogP contribution is 2.41. The first-order valence-electron chi connectivity index (χ1n) is 9.84. The van der Waals surface area contributed by atoms with E-state index in [-0.39, 0.29) is 21.3 Å². The fraction of sp³-hybridized carbons (Fsp3) is 0.500. The van der Waals surface area contributed by atoms with Gasteiger partial charge in [0.2, 0.25) is 0 Å². The quantitative estimate of drug-likeness (QED) is 0.226. The maximum atomic E-state index is 11.9. The van der Waals surface area contributed by atoms with E-state index in [2.05, 4.69) is 0 Å². The van der Waals surface area contributed by atoms with Gasteiger partial charge in [-0.05, 0) is 11.6 Å². The molecular formula is C20H24O12S2. The molecule has 0 saturated carbocycles. The van der Waals surface area contributed by atoms with Gasteiger partial charge in [-0.15, -0.1) is 0 Å². The lowest BCUT2D eigenvalue weighted by Crippen LogP contribution is -2.59. The minimum Gasteiger partial charge on any atom is -0.463 e. The minimum atomic E-state index is -4.54. The van der Waals surface area contributed by atoms with Crippen LogP contribution in [0.4, 0.5) is 0 Å². The van der Waals surface area contributed by atoms with Crippen molar-refractivity contribution < 1.29 is 55.8 Å². The largest absolute Gasteiger partial charge is 0.463 e. The van der Waals surface area contributed by atoms with Gasteiger partial charge in [-0.3, -0.25) is 23.7 Å². The molecule has 14 heteroatoms. The third-order valence-electron chi connectivity index (χ3n) is 4.41. The van der Waals surface area contributed by atoms with Gasteiger partial charge >= 0.3 is 33.0 Å². The molecule has 34 heavy (non-hydrogen) atoms. The Kier molecular flexibility index (Phi) is 9.44. The maximum Gasteiger partial charge on any atom is 0.324 e. The van der Waals surface area contributed by atoms with E-state index in [1.165, 1.54) is 24.3 Å². The highest BCUT2D eigenvalue weighted by molar-refractivity contribution is 8.69. The summed E-state index contributed by atoms with van der Waals surface area (Å²) in [5.74, 6) is -3.04. The van der Waals surface area contributed by atoms with Gasteiger partial charge in [-0.1, -0.05) is 18.2 Å². The third-order valence-corrected chi connectivity index (χ3v) is 6.34. The van der Waals surface area contributed by atoms with Gasteiger partial charge in [0, 0.05) is 43.4 Å². The van der Waals surface area contributed by atoms with Crippen molar-refractivity contribution in [1.82, 2.24) is 0 Å². The molecule has 1 aromatic rings. The minimum absolute atomic E-state index is 0.0332. The lowest BCUT2D eigenvalue weighted by atomic mass is 9.90. The second-order valence-electron chi connectivity index (χ2n) is 7.17. The van der Waals surface area contributed by atoms with Crippen LogP contribution in [0.25, 0.3) is 0 Å². The lowest BCUT2D eigenvalue weighted by molar-refractivity contribution is -0.254. The smallest absolute Gasteiger partial charge is 0.324 e. The summed E-state index contributed by atoms with van der Waals surface area (Å²) < 4.78 is 59.4. The van der Waals surface area contributed by atoms with Crippen LogP contribution < -0.4 is 0 Å². The van der Waals surface area contributed by atoms with Gasteiger partial charge in [-0.2, -0.15) is 8.42 Å². The summed E-state index contributed by atoms with van der Waals surface area (Å²) in [6.45, 7) is 3.99. The predicted molar refractivity (Wildman–Crippen MR) is 115 cm³/mol. The molecule has 1 N–H and O–H groups in total. The van der Waals surface area contributed by atoms with Gasteiger partial charge in [0.05, 0.1) is 0 Å². The fourth-order valence-electron chi connectivity index (χ4n) is 3.38. The van der Waals surface area contributed by atoms with Gasteiger partial charge in [-0.25, -0.2) is 0 Å². The van der Waals surface area contributed by atoms with Crippen LogP contribution in [0.1, 0.15) is 39.4 Å². The Morgan fingerprint density at radius 2 is 1.41 bits per heavy atom. The predicted octanol–water partition coefficient (Wildman–Crippen LogP) is 1.38. The van der Waals surface area contributed by atoms with Gasteiger partial charge in [0.15, 0.2) is 18.3 Å². The summed E-state index contributed by atoms with van der Waals surface area (Å²) in [6.07, 6.45) is -6.62. The Morgan fingerprint density at radius 3 is 1.94 bits per heavy atom. The molecule has 1 aromatic carbocycles. The van der Waals surface area contributed by atoms with E-state index < -0.39 is 70.2 Å². The molecule has 0 radical (unpaired) electrons. The number of carbonyl (C=O) groups excluding carboxylic acids is 4. The molecule has 0 unspecified atom stereocenters. The fourth-order valence-corrected chi connectivity index (χ4v) is 5.16. The molecule has 0 aliphatic carbocycles. The average molecular weight is 521 g/mol. The molecule has 1 fully saturated rings. The van der Waals surface area contributed by atoms with Crippen LogP contribution in [0.3, 0.4) is 0 Å². The third kappa shape index (κ3) is 7.97. The first kappa shape index (κ1) is 27.6. The highest BCUT2D eigenvalue weighted by atomic mass is 33.1. The number of hydrogen-bond donors (Lipinski definition) is 1. The van der Waals surface area contributed by atoms with E-state index in [1.54, 1.807) is 0 Å². The standard InChI is InChI=1S/C20H24O12S2/c1-10(21)28-9-15-18(29-11(2)22)20(31-13(4)24)19(30-12(3)23)17(32-15)14-7-5-6-8-16(14)33-34(25,26)27/h5-8,15,17-20H,9H2,1-4H3,(H,25,26,27)/t15-,17+,18+,19+,20+/m1/s1. The molecule has 1 saturated heterocycles. The topological polar surface area (TPSA) is 169 Å². The SMILES string of the molecule is CC(=O)OC[C@H]1O[C@@H](c2ccccc2SS(=O)(=O)O)[C@H](OC(C)=O)[C@@H](OC(C)=O)[C@H]1OC(C)=O. The number of rotatable bonds is 8. The molecular weight excluding hydrogens is 496 g/mol. The molecule has 188 valence electrons. The van der Waals surface area contributed by atoms with E-state index in [1.807, 2.05) is 0 Å². The number of esters is 4. The molecule has 12 nitrogen and oxygen atoms in total. The van der Waals surface area contributed by atoms with Crippen molar-refractivity contribution in [1.29, 1.82) is 0 Å². The number of benzene rings is 1. The Balaban J connectivity index is 2.65. The van der Waals surface area contributed by atoms with Gasteiger partial charge in [0.25, 0.3) is 0 Å². The van der Waals surface area contributed by atoms with Crippen LogP contribution in [0, 0.1) is 0 Å². The first-order valence-corrected chi connectivity index (χ1v) is 12.6. The summed E-state index contributed by atoms with van der Waals surface area (Å²) in [5, 5.41) is 0. The average Bonchev–Trinajstić information content (AvgIpc) is 2.68. The van der Waals surface area contributed by atoms with Crippen LogP contribution in [0.2, 0.25) is 0 Å². The zero-order valence-corrected chi connectivity index (χ0v) is 20.3. The molecule has 1 aliphatic rings. The van der Waals surface area contributed by atoms with Gasteiger partial charge in [0.1, 0.15) is 18.8 Å². The van der Waals surface area contributed by atoms with Crippen molar-refractivity contribution in [2.45, 2.75) is 63.1 Å². The van der Waals surface area contributed by atoms with E-state index in [0.717, 1.165) is 27.7 Å². The number of ether oxygens (including phenoxy) is 5. The van der Waals surface area contributed by atoms with Crippen molar-refractivity contribution in [3.05, 3.63) is 29.8 Å². The molecule has 2 rings (SSSR count). The molecule has 0 amide bonds. The molecule has 1 heterocycles. The Bertz CT molecular complexity index is 1040. The molecule has 0 bridgehead atoms. The first-order chi connectivity index (χ1) is 15.8. The summed E-state index contributed by atoms with van der Waals surface area (Å²) in [7, 11) is -4.43. The van der Waals surface area contributed by atoms with Crippen molar-refractivity contribution in [2.75, 3.05) is 6.61 Å². The summed E-state index contributed by atoms with van der Waals surface area (Å²) in [4.78, 5) is 47.1. The summed E-state index contributed by atoms with van der Waals surface area (Å²) in [6, 6.07) is 5.87. The lowest BCUT2D eigenvalue weighted by Gasteiger charge is -2.44. The normalized spacial score (nSPS) is 24.6. The van der Waals surface area contributed by atoms with E-state index >= 15 is 0 Å². The Morgan fingerprint density at radius 1 is 0.882 bits per heavy atom. The molecule has 0 spiro atoms. The maximum absolute atomic E-state index is 11.9. The zero-order valence-electron chi connectivity index (χ0n) is 18.7. The Labute approximate surface area is 199 Å². The molecule has 0 aromatic heterocycles. The molecule has 1 aliphatic heterocycles. The number of hydrogen-bond acceptors (Lipinski definition) is 12. The van der Waals surface area contributed by atoms with E-state index in [9.17, 15) is 32.1 Å². The summed E-state index contributed by atoms with van der Waals surface area (Å²) in [5.41, 5.74) is 0.155. The van der Waals surface area contributed by atoms with E-state index in [0.29, 0.717) is 0 Å². The van der Waals surface area contributed by atoms with Crippen LogP contribution in [-0.2, 0) is 52.0 Å². The van der Waals surface area contributed by atoms with Crippen LogP contribution in [0.15, 0.2) is 29.2 Å². The Hall–Kier alpha value is -2.68. The summed E-state index contributed by atoms with van der Waals surface area (Å²) >= 11 is 0. The molecule has 5 atom stereocenters. The van der Waals surface area contributed by atoms with Crippen LogP contribution in [0.5, 0.6) is 0 Å². The van der Waals surface area contributed by atoms with Crippen LogP contribution >= 0.6 is 10.8 Å². The van der Waals surface area contributed by atoms with Crippen LogP contribution in [-0.4, -0.2) is 67.9 Å². The van der Waals surface area contributed by atoms with Crippen molar-refractivity contribution in [3.63, 3.8) is 0 Å². The van der Waals surface area contributed by atoms with Gasteiger partial charge < -0.3 is 23.7 Å². The second kappa shape index (κ2) is 11.6. The monoisotopic (exact) mass is 520 g/mol. The van der Waals surface area contributed by atoms with E-state index in [4.69, 9.17) is 23.7 Å². The van der Waals surface area contributed by atoms with Crippen molar-refractivity contribution in [3.8, 4) is 0 Å². The van der Waals surface area contributed by atoms with Crippen molar-refractivity contribution in [2.24, 2.45) is 0 Å².